The van der Waals surface area contributed by atoms with Gasteiger partial charge in [0.05, 0.1) is 0 Å². The van der Waals surface area contributed by atoms with E-state index in [1.807, 2.05) is 60.7 Å². The van der Waals surface area contributed by atoms with E-state index >= 15 is 0 Å². The Morgan fingerprint density at radius 3 is 2.43 bits per heavy atom. The summed E-state index contributed by atoms with van der Waals surface area (Å²) in [4.78, 5) is 33.5. The van der Waals surface area contributed by atoms with Crippen LogP contribution in [0.25, 0.3) is 10.8 Å². The zero-order valence-corrected chi connectivity index (χ0v) is 16.9. The monoisotopic (exact) mass is 403 g/mol. The van der Waals surface area contributed by atoms with Crippen LogP contribution in [0.1, 0.15) is 6.92 Å². The SMILES string of the molecule is C[C@H](NC(=O)N1CCN(c2ccccn2)CC1)C(=O)Nc1cccc2ccccc12. The number of amides is 3. The highest BCUT2D eigenvalue weighted by Crippen LogP contribution is 2.23. The van der Waals surface area contributed by atoms with Crippen LogP contribution in [0.3, 0.4) is 0 Å². The Morgan fingerprint density at radius 2 is 1.67 bits per heavy atom. The Labute approximate surface area is 175 Å². The van der Waals surface area contributed by atoms with Gasteiger partial charge in [-0.25, -0.2) is 9.78 Å². The number of benzene rings is 2. The van der Waals surface area contributed by atoms with Crippen LogP contribution in [-0.2, 0) is 4.79 Å². The lowest BCUT2D eigenvalue weighted by Crippen LogP contribution is -2.54. The van der Waals surface area contributed by atoms with E-state index in [2.05, 4.69) is 20.5 Å². The number of pyridine rings is 1. The first-order valence-corrected chi connectivity index (χ1v) is 10.1. The maximum atomic E-state index is 12.7. The second-order valence-corrected chi connectivity index (χ2v) is 7.35. The van der Waals surface area contributed by atoms with Crippen molar-refractivity contribution in [3.8, 4) is 0 Å². The van der Waals surface area contributed by atoms with Crippen molar-refractivity contribution < 1.29 is 9.59 Å². The summed E-state index contributed by atoms with van der Waals surface area (Å²) < 4.78 is 0. The fourth-order valence-electron chi connectivity index (χ4n) is 3.60. The molecule has 2 aromatic carbocycles. The first-order valence-electron chi connectivity index (χ1n) is 10.1. The molecule has 1 aliphatic heterocycles. The number of nitrogens with one attached hydrogen (secondary N) is 2. The number of hydrogen-bond acceptors (Lipinski definition) is 4. The second kappa shape index (κ2) is 8.82. The van der Waals surface area contributed by atoms with E-state index in [4.69, 9.17) is 0 Å². The van der Waals surface area contributed by atoms with Gasteiger partial charge in [0.1, 0.15) is 11.9 Å². The maximum absolute atomic E-state index is 12.7. The number of anilines is 2. The third kappa shape index (κ3) is 4.35. The summed E-state index contributed by atoms with van der Waals surface area (Å²) in [6.45, 7) is 4.28. The third-order valence-electron chi connectivity index (χ3n) is 5.32. The average molecular weight is 403 g/mol. The van der Waals surface area contributed by atoms with E-state index < -0.39 is 6.04 Å². The van der Waals surface area contributed by atoms with Gasteiger partial charge in [-0.3, -0.25) is 4.79 Å². The van der Waals surface area contributed by atoms with Gasteiger partial charge in [0.25, 0.3) is 0 Å². The molecule has 7 nitrogen and oxygen atoms in total. The number of rotatable bonds is 4. The molecule has 0 bridgehead atoms. The van der Waals surface area contributed by atoms with E-state index in [9.17, 15) is 9.59 Å². The summed E-state index contributed by atoms with van der Waals surface area (Å²) >= 11 is 0. The lowest BCUT2D eigenvalue weighted by molar-refractivity contribution is -0.117. The predicted molar refractivity (Wildman–Crippen MR) is 119 cm³/mol. The minimum absolute atomic E-state index is 0.226. The Hall–Kier alpha value is -3.61. The molecule has 0 spiro atoms. The molecule has 1 fully saturated rings. The normalized spacial score (nSPS) is 15.0. The number of carbonyl (C=O) groups is 2. The van der Waals surface area contributed by atoms with Crippen molar-refractivity contribution in [2.45, 2.75) is 13.0 Å². The number of nitrogens with zero attached hydrogens (tertiary/aromatic N) is 3. The smallest absolute Gasteiger partial charge is 0.318 e. The predicted octanol–water partition coefficient (Wildman–Crippen LogP) is 3.09. The van der Waals surface area contributed by atoms with Crippen molar-refractivity contribution in [2.24, 2.45) is 0 Å². The molecule has 7 heteroatoms. The fraction of sp³-hybridized carbons (Fsp3) is 0.261. The molecule has 0 unspecified atom stereocenters. The van der Waals surface area contributed by atoms with Crippen LogP contribution >= 0.6 is 0 Å². The summed E-state index contributed by atoms with van der Waals surface area (Å²) in [5, 5.41) is 7.77. The maximum Gasteiger partial charge on any atom is 0.318 e. The fourth-order valence-corrected chi connectivity index (χ4v) is 3.60. The van der Waals surface area contributed by atoms with Crippen molar-refractivity contribution in [3.05, 3.63) is 66.9 Å². The van der Waals surface area contributed by atoms with Gasteiger partial charge in [-0.15, -0.1) is 0 Å². The molecule has 0 radical (unpaired) electrons. The van der Waals surface area contributed by atoms with Gasteiger partial charge >= 0.3 is 6.03 Å². The van der Waals surface area contributed by atoms with Gasteiger partial charge in [-0.1, -0.05) is 42.5 Å². The molecule has 1 atom stereocenters. The molecule has 3 amide bonds. The third-order valence-corrected chi connectivity index (χ3v) is 5.32. The number of piperazine rings is 1. The average Bonchev–Trinajstić information content (AvgIpc) is 2.80. The van der Waals surface area contributed by atoms with Crippen LogP contribution in [0.5, 0.6) is 0 Å². The number of aromatic nitrogens is 1. The highest BCUT2D eigenvalue weighted by molar-refractivity contribution is 6.04. The minimum Gasteiger partial charge on any atom is -0.353 e. The Bertz CT molecular complexity index is 1030. The van der Waals surface area contributed by atoms with E-state index in [1.165, 1.54) is 0 Å². The largest absolute Gasteiger partial charge is 0.353 e. The standard InChI is InChI=1S/C23H25N5O2/c1-17(22(29)26-20-10-6-8-18-7-2-3-9-19(18)20)25-23(30)28-15-13-27(14-16-28)21-11-4-5-12-24-21/h2-12,17H,13-16H2,1H3,(H,25,30)(H,26,29)/t17-/m0/s1. The number of fused-ring (bicyclic) bond motifs is 1. The molecule has 0 saturated carbocycles. The first-order chi connectivity index (χ1) is 14.6. The molecule has 1 saturated heterocycles. The number of hydrogen-bond donors (Lipinski definition) is 2. The molecule has 2 heterocycles. The topological polar surface area (TPSA) is 77.6 Å². The Kier molecular flexibility index (Phi) is 5.79. The minimum atomic E-state index is -0.648. The summed E-state index contributed by atoms with van der Waals surface area (Å²) in [6.07, 6.45) is 1.77. The molecule has 0 aliphatic carbocycles. The second-order valence-electron chi connectivity index (χ2n) is 7.35. The quantitative estimate of drug-likeness (QED) is 0.702. The van der Waals surface area contributed by atoms with Crippen LogP contribution in [-0.4, -0.2) is 54.0 Å². The summed E-state index contributed by atoms with van der Waals surface area (Å²) in [5.41, 5.74) is 0.739. The van der Waals surface area contributed by atoms with Gasteiger partial charge in [-0.2, -0.15) is 0 Å². The number of urea groups is 1. The zero-order chi connectivity index (χ0) is 20.9. The van der Waals surface area contributed by atoms with E-state index in [0.717, 1.165) is 22.3 Å². The van der Waals surface area contributed by atoms with E-state index in [1.54, 1.807) is 18.0 Å². The van der Waals surface area contributed by atoms with Gasteiger partial charge in [0.2, 0.25) is 5.91 Å². The molecule has 30 heavy (non-hydrogen) atoms. The highest BCUT2D eigenvalue weighted by atomic mass is 16.2. The van der Waals surface area contributed by atoms with Crippen LogP contribution in [0.4, 0.5) is 16.3 Å². The Morgan fingerprint density at radius 1 is 0.933 bits per heavy atom. The lowest BCUT2D eigenvalue weighted by atomic mass is 10.1. The van der Waals surface area contributed by atoms with Gasteiger partial charge in [0, 0.05) is 43.4 Å². The molecule has 1 aliphatic rings. The van der Waals surface area contributed by atoms with Crippen molar-refractivity contribution in [1.82, 2.24) is 15.2 Å². The molecule has 3 aromatic rings. The van der Waals surface area contributed by atoms with Crippen molar-refractivity contribution in [3.63, 3.8) is 0 Å². The van der Waals surface area contributed by atoms with Crippen LogP contribution in [0.2, 0.25) is 0 Å². The van der Waals surface area contributed by atoms with E-state index in [0.29, 0.717) is 26.2 Å². The molecule has 4 rings (SSSR count). The van der Waals surface area contributed by atoms with E-state index in [-0.39, 0.29) is 11.9 Å². The van der Waals surface area contributed by atoms with Gasteiger partial charge in [0.15, 0.2) is 0 Å². The molecule has 154 valence electrons. The van der Waals surface area contributed by atoms with Crippen molar-refractivity contribution in [1.29, 1.82) is 0 Å². The van der Waals surface area contributed by atoms with Gasteiger partial charge < -0.3 is 20.4 Å². The highest BCUT2D eigenvalue weighted by Gasteiger charge is 2.24. The summed E-state index contributed by atoms with van der Waals surface area (Å²) in [5.74, 6) is 0.673. The van der Waals surface area contributed by atoms with Crippen LogP contribution < -0.4 is 15.5 Å². The molecule has 2 N–H and O–H groups in total. The summed E-state index contributed by atoms with van der Waals surface area (Å²) in [6, 6.07) is 18.6. The first kappa shape index (κ1) is 19.7. The molecular weight excluding hydrogens is 378 g/mol. The number of carbonyl (C=O) groups excluding carboxylic acids is 2. The molecule has 1 aromatic heterocycles. The van der Waals surface area contributed by atoms with Crippen LogP contribution in [0.15, 0.2) is 66.9 Å². The van der Waals surface area contributed by atoms with Crippen molar-refractivity contribution in [2.75, 3.05) is 36.4 Å². The lowest BCUT2D eigenvalue weighted by Gasteiger charge is -2.35. The molecular formula is C23H25N5O2. The summed E-state index contributed by atoms with van der Waals surface area (Å²) in [7, 11) is 0. The van der Waals surface area contributed by atoms with Crippen molar-refractivity contribution >= 4 is 34.2 Å². The van der Waals surface area contributed by atoms with Crippen LogP contribution in [0, 0.1) is 0 Å². The van der Waals surface area contributed by atoms with Gasteiger partial charge in [-0.05, 0) is 30.5 Å². The Balaban J connectivity index is 1.32. The zero-order valence-electron chi connectivity index (χ0n) is 16.9.